The van der Waals surface area contributed by atoms with Crippen molar-refractivity contribution in [3.8, 4) is 0 Å². The summed E-state index contributed by atoms with van der Waals surface area (Å²) in [6, 6.07) is 0. The van der Waals surface area contributed by atoms with Crippen molar-refractivity contribution in [2.75, 3.05) is 32.2 Å². The molecule has 0 bridgehead atoms. The maximum atomic E-state index is 11.1. The second kappa shape index (κ2) is 4.18. The lowest BCUT2D eigenvalue weighted by Crippen LogP contribution is -2.28. The average molecular weight is 195 g/mol. The van der Waals surface area contributed by atoms with Gasteiger partial charge in [-0.25, -0.2) is 8.42 Å². The number of sulfonamides is 1. The van der Waals surface area contributed by atoms with Crippen LogP contribution in [-0.2, 0) is 14.8 Å². The van der Waals surface area contributed by atoms with E-state index in [1.165, 1.54) is 4.31 Å². The van der Waals surface area contributed by atoms with Crippen LogP contribution in [0.2, 0.25) is 0 Å². The van der Waals surface area contributed by atoms with Crippen LogP contribution in [0.5, 0.6) is 0 Å². The van der Waals surface area contributed by atoms with Gasteiger partial charge >= 0.3 is 0 Å². The van der Waals surface area contributed by atoms with Crippen molar-refractivity contribution < 1.29 is 18.3 Å². The van der Waals surface area contributed by atoms with Crippen molar-refractivity contribution in [1.82, 2.24) is 4.31 Å². The number of aliphatic hydroxyl groups is 1. The zero-order valence-corrected chi connectivity index (χ0v) is 7.59. The van der Waals surface area contributed by atoms with Gasteiger partial charge in [0.05, 0.1) is 19.0 Å². The lowest BCUT2D eigenvalue weighted by molar-refractivity contribution is 0.0486. The first-order valence-corrected chi connectivity index (χ1v) is 5.44. The summed E-state index contributed by atoms with van der Waals surface area (Å²) in [5.74, 6) is 0.218. The van der Waals surface area contributed by atoms with Gasteiger partial charge in [-0.15, -0.1) is 0 Å². The van der Waals surface area contributed by atoms with Crippen molar-refractivity contribution in [3.63, 3.8) is 0 Å². The summed E-state index contributed by atoms with van der Waals surface area (Å²) in [4.78, 5) is 0. The van der Waals surface area contributed by atoms with Crippen LogP contribution in [0.15, 0.2) is 0 Å². The van der Waals surface area contributed by atoms with E-state index in [9.17, 15) is 8.42 Å². The normalized spacial score (nSPS) is 23.1. The number of aliphatic hydroxyl groups excluding tert-OH is 1. The molecular formula is C6H13NO4S. The molecule has 0 radical (unpaired) electrons. The molecule has 0 atom stereocenters. The van der Waals surface area contributed by atoms with E-state index < -0.39 is 10.0 Å². The van der Waals surface area contributed by atoms with Crippen molar-refractivity contribution in [1.29, 1.82) is 0 Å². The van der Waals surface area contributed by atoms with Crippen LogP contribution in [0.3, 0.4) is 0 Å². The fraction of sp³-hybridized carbons (Fsp3) is 1.00. The third kappa shape index (κ3) is 2.41. The monoisotopic (exact) mass is 195 g/mol. The number of ether oxygens (including phenoxy) is 1. The molecule has 0 aromatic carbocycles. The quantitative estimate of drug-likeness (QED) is 0.584. The third-order valence-corrected chi connectivity index (χ3v) is 3.55. The third-order valence-electron chi connectivity index (χ3n) is 1.67. The largest absolute Gasteiger partial charge is 0.394 e. The number of rotatable bonds is 4. The van der Waals surface area contributed by atoms with Crippen LogP contribution >= 0.6 is 0 Å². The second-order valence-electron chi connectivity index (χ2n) is 2.61. The molecule has 0 aromatic rings. The Morgan fingerprint density at radius 1 is 1.50 bits per heavy atom. The van der Waals surface area contributed by atoms with Gasteiger partial charge in [-0.1, -0.05) is 0 Å². The fourth-order valence-corrected chi connectivity index (χ4v) is 2.46. The van der Waals surface area contributed by atoms with Gasteiger partial charge in [0.1, 0.15) is 6.73 Å². The van der Waals surface area contributed by atoms with Gasteiger partial charge in [0.2, 0.25) is 10.0 Å². The van der Waals surface area contributed by atoms with Gasteiger partial charge in [-0.2, -0.15) is 4.31 Å². The molecule has 0 aromatic heterocycles. The predicted octanol–water partition coefficient (Wildman–Crippen LogP) is -1.01. The lowest BCUT2D eigenvalue weighted by Gasteiger charge is -2.13. The van der Waals surface area contributed by atoms with Crippen LogP contribution < -0.4 is 0 Å². The first kappa shape index (κ1) is 9.91. The first-order chi connectivity index (χ1) is 5.67. The van der Waals surface area contributed by atoms with E-state index in [1.54, 1.807) is 0 Å². The standard InChI is InChI=1S/C6H13NO4S/c8-3-4-11-6-7-2-1-5-12(7,9)10/h8H,1-6H2. The summed E-state index contributed by atoms with van der Waals surface area (Å²) in [7, 11) is -3.04. The van der Waals surface area contributed by atoms with Crippen molar-refractivity contribution in [2.24, 2.45) is 0 Å². The Balaban J connectivity index is 2.32. The number of hydrogen-bond acceptors (Lipinski definition) is 4. The summed E-state index contributed by atoms with van der Waals surface area (Å²) in [6.07, 6.45) is 0.671. The van der Waals surface area contributed by atoms with Gasteiger partial charge in [-0.3, -0.25) is 0 Å². The zero-order valence-electron chi connectivity index (χ0n) is 6.77. The van der Waals surface area contributed by atoms with E-state index >= 15 is 0 Å². The Morgan fingerprint density at radius 2 is 2.25 bits per heavy atom. The SMILES string of the molecule is O=S1(=O)CCCN1COCCO. The highest BCUT2D eigenvalue weighted by atomic mass is 32.2. The van der Waals surface area contributed by atoms with Gasteiger partial charge < -0.3 is 9.84 Å². The molecule has 0 spiro atoms. The molecule has 5 nitrogen and oxygen atoms in total. The molecule has 1 heterocycles. The van der Waals surface area contributed by atoms with E-state index in [2.05, 4.69) is 0 Å². The Morgan fingerprint density at radius 3 is 2.75 bits per heavy atom. The number of nitrogens with zero attached hydrogens (tertiary/aromatic N) is 1. The van der Waals surface area contributed by atoms with Gasteiger partial charge in [0.15, 0.2) is 0 Å². The Labute approximate surface area is 72.0 Å². The first-order valence-electron chi connectivity index (χ1n) is 3.83. The summed E-state index contributed by atoms with van der Waals surface area (Å²) in [5, 5.41) is 8.38. The maximum absolute atomic E-state index is 11.1. The second-order valence-corrected chi connectivity index (χ2v) is 4.69. The van der Waals surface area contributed by atoms with Gasteiger partial charge in [0, 0.05) is 6.54 Å². The molecule has 6 heteroatoms. The van der Waals surface area contributed by atoms with E-state index in [1.807, 2.05) is 0 Å². The van der Waals surface area contributed by atoms with E-state index in [0.717, 1.165) is 0 Å². The topological polar surface area (TPSA) is 66.8 Å². The summed E-state index contributed by atoms with van der Waals surface area (Å²) in [5.41, 5.74) is 0. The molecule has 12 heavy (non-hydrogen) atoms. The lowest BCUT2D eigenvalue weighted by atomic mass is 10.5. The molecular weight excluding hydrogens is 182 g/mol. The molecule has 0 saturated carbocycles. The summed E-state index contributed by atoms with van der Waals surface area (Å²) < 4.78 is 28.5. The molecule has 1 aliphatic rings. The van der Waals surface area contributed by atoms with Crippen molar-refractivity contribution in [3.05, 3.63) is 0 Å². The molecule has 0 unspecified atom stereocenters. The molecule has 1 fully saturated rings. The maximum Gasteiger partial charge on any atom is 0.216 e. The molecule has 0 aliphatic carbocycles. The van der Waals surface area contributed by atoms with E-state index in [4.69, 9.17) is 9.84 Å². The molecule has 1 saturated heterocycles. The Hall–Kier alpha value is -0.170. The van der Waals surface area contributed by atoms with Crippen molar-refractivity contribution >= 4 is 10.0 Å². The van der Waals surface area contributed by atoms with Crippen molar-refractivity contribution in [2.45, 2.75) is 6.42 Å². The minimum absolute atomic E-state index is 0.0723. The molecule has 1 N–H and O–H groups in total. The summed E-state index contributed by atoms with van der Waals surface area (Å²) in [6.45, 7) is 0.719. The van der Waals surface area contributed by atoms with Crippen LogP contribution in [0, 0.1) is 0 Å². The smallest absolute Gasteiger partial charge is 0.216 e. The highest BCUT2D eigenvalue weighted by Gasteiger charge is 2.27. The van der Waals surface area contributed by atoms with Crippen LogP contribution in [0.25, 0.3) is 0 Å². The predicted molar refractivity (Wildman–Crippen MR) is 43.0 cm³/mol. The van der Waals surface area contributed by atoms with Gasteiger partial charge in [-0.05, 0) is 6.42 Å². The molecule has 1 rings (SSSR count). The summed E-state index contributed by atoms with van der Waals surface area (Å²) >= 11 is 0. The van der Waals surface area contributed by atoms with Crippen LogP contribution in [0.4, 0.5) is 0 Å². The fourth-order valence-electron chi connectivity index (χ4n) is 1.07. The highest BCUT2D eigenvalue weighted by molar-refractivity contribution is 7.89. The van der Waals surface area contributed by atoms with Crippen LogP contribution in [0.1, 0.15) is 6.42 Å². The molecule has 72 valence electrons. The highest BCUT2D eigenvalue weighted by Crippen LogP contribution is 2.12. The number of hydrogen-bond donors (Lipinski definition) is 1. The Bertz CT molecular complexity index is 226. The minimum atomic E-state index is -3.04. The molecule has 0 amide bonds. The van der Waals surface area contributed by atoms with E-state index in [-0.39, 0.29) is 25.7 Å². The van der Waals surface area contributed by atoms with Crippen LogP contribution in [-0.4, -0.2) is 50.1 Å². The van der Waals surface area contributed by atoms with E-state index in [0.29, 0.717) is 13.0 Å². The zero-order chi connectivity index (χ0) is 9.03. The average Bonchev–Trinajstić information content (AvgIpc) is 2.32. The van der Waals surface area contributed by atoms with Gasteiger partial charge in [0.25, 0.3) is 0 Å². The molecule has 1 aliphatic heterocycles. The Kier molecular flexibility index (Phi) is 3.45. The minimum Gasteiger partial charge on any atom is -0.394 e.